The molecule has 0 unspecified atom stereocenters. The van der Waals surface area contributed by atoms with Gasteiger partial charge >= 0.3 is 0 Å². The molecule has 0 bridgehead atoms. The van der Waals surface area contributed by atoms with E-state index in [0.717, 1.165) is 42.6 Å². The molecule has 1 aliphatic heterocycles. The molecule has 1 aromatic carbocycles. The van der Waals surface area contributed by atoms with E-state index in [9.17, 15) is 4.79 Å². The van der Waals surface area contributed by atoms with Crippen molar-refractivity contribution in [1.82, 2.24) is 4.90 Å². The number of nitrogens with zero attached hydrogens (tertiary/aromatic N) is 1. The predicted octanol–water partition coefficient (Wildman–Crippen LogP) is 2.33. The van der Waals surface area contributed by atoms with Crippen molar-refractivity contribution in [2.45, 2.75) is 18.9 Å². The number of carbonyl (C=O) groups excluding carboxylic acids is 1. The first kappa shape index (κ1) is 15.5. The molecule has 1 atom stereocenters. The average molecular weight is 341 g/mol. The van der Waals surface area contributed by atoms with Crippen molar-refractivity contribution in [2.24, 2.45) is 11.7 Å². The van der Waals surface area contributed by atoms with Crippen molar-refractivity contribution >= 4 is 21.8 Å². The summed E-state index contributed by atoms with van der Waals surface area (Å²) in [4.78, 5) is 14.0. The summed E-state index contributed by atoms with van der Waals surface area (Å²) in [5.41, 5.74) is 6.58. The highest BCUT2D eigenvalue weighted by Crippen LogP contribution is 2.28. The largest absolute Gasteiger partial charge is 0.384 e. The summed E-state index contributed by atoms with van der Waals surface area (Å²) in [7, 11) is 1.74. The van der Waals surface area contributed by atoms with E-state index < -0.39 is 0 Å². The molecule has 0 aromatic heterocycles. The second-order valence-corrected chi connectivity index (χ2v) is 6.21. The van der Waals surface area contributed by atoms with Crippen LogP contribution >= 0.6 is 15.9 Å². The highest BCUT2D eigenvalue weighted by Gasteiger charge is 2.29. The fourth-order valence-electron chi connectivity index (χ4n) is 2.85. The lowest BCUT2D eigenvalue weighted by molar-refractivity contribution is -0.124. The Morgan fingerprint density at radius 3 is 2.75 bits per heavy atom. The first-order valence-corrected chi connectivity index (χ1v) is 7.69. The maximum absolute atomic E-state index is 11.9. The third-order valence-corrected chi connectivity index (χ3v) is 4.34. The summed E-state index contributed by atoms with van der Waals surface area (Å²) in [6.07, 6.45) is 2.09. The molecule has 0 saturated carbocycles. The van der Waals surface area contributed by atoms with Gasteiger partial charge in [-0.3, -0.25) is 9.69 Å². The quantitative estimate of drug-likeness (QED) is 0.894. The number of methoxy groups -OCH3 is 1. The van der Waals surface area contributed by atoms with Crippen LogP contribution in [-0.4, -0.2) is 37.6 Å². The Morgan fingerprint density at radius 2 is 2.20 bits per heavy atom. The molecule has 4 nitrogen and oxygen atoms in total. The van der Waals surface area contributed by atoms with E-state index in [1.165, 1.54) is 0 Å². The van der Waals surface area contributed by atoms with E-state index in [2.05, 4.69) is 20.8 Å². The number of halogens is 1. The number of ether oxygens (including phenoxy) is 1. The topological polar surface area (TPSA) is 55.6 Å². The molecular formula is C15H21BrN2O2. The number of likely N-dealkylation sites (tertiary alicyclic amines) is 1. The zero-order valence-electron chi connectivity index (χ0n) is 11.7. The molecule has 110 valence electrons. The number of benzene rings is 1. The zero-order valence-corrected chi connectivity index (χ0v) is 13.3. The molecule has 1 heterocycles. The van der Waals surface area contributed by atoms with Crippen LogP contribution in [0.2, 0.25) is 0 Å². The first-order chi connectivity index (χ1) is 9.61. The van der Waals surface area contributed by atoms with E-state index >= 15 is 0 Å². The van der Waals surface area contributed by atoms with E-state index in [1.54, 1.807) is 7.11 Å². The zero-order chi connectivity index (χ0) is 14.5. The molecule has 20 heavy (non-hydrogen) atoms. The Labute approximate surface area is 128 Å². The van der Waals surface area contributed by atoms with Crippen LogP contribution in [0.25, 0.3) is 0 Å². The molecular weight excluding hydrogens is 320 g/mol. The smallest absolute Gasteiger partial charge is 0.239 e. The minimum Gasteiger partial charge on any atom is -0.384 e. The van der Waals surface area contributed by atoms with Gasteiger partial charge in [0.25, 0.3) is 0 Å². The van der Waals surface area contributed by atoms with Gasteiger partial charge in [0.2, 0.25) is 5.91 Å². The Morgan fingerprint density at radius 1 is 1.50 bits per heavy atom. The number of hydrogen-bond acceptors (Lipinski definition) is 3. The third-order valence-electron chi connectivity index (χ3n) is 3.85. The molecule has 1 fully saturated rings. The maximum atomic E-state index is 11.9. The molecule has 1 amide bonds. The predicted molar refractivity (Wildman–Crippen MR) is 82.3 cm³/mol. The fourth-order valence-corrected chi connectivity index (χ4v) is 3.26. The highest BCUT2D eigenvalue weighted by molar-refractivity contribution is 9.10. The molecule has 1 aromatic rings. The Kier molecular flexibility index (Phi) is 5.57. The third kappa shape index (κ3) is 3.81. The summed E-state index contributed by atoms with van der Waals surface area (Å²) in [5, 5.41) is 0. The number of piperidine rings is 1. The van der Waals surface area contributed by atoms with Crippen molar-refractivity contribution < 1.29 is 9.53 Å². The van der Waals surface area contributed by atoms with Gasteiger partial charge in [0.15, 0.2) is 0 Å². The van der Waals surface area contributed by atoms with E-state index in [4.69, 9.17) is 10.5 Å². The summed E-state index contributed by atoms with van der Waals surface area (Å²) in [6, 6.07) is 7.48. The van der Waals surface area contributed by atoms with Gasteiger partial charge in [-0.05, 0) is 49.5 Å². The van der Waals surface area contributed by atoms with Gasteiger partial charge in [0, 0.05) is 18.2 Å². The minimum atomic E-state index is -0.337. The summed E-state index contributed by atoms with van der Waals surface area (Å²) < 4.78 is 6.18. The standard InChI is InChI=1S/C15H21BrN2O2/c1-20-10-11-5-7-18(8-6-11)14(15(17)19)12-3-2-4-13(16)9-12/h2-4,9,11,14H,5-8,10H2,1H3,(H2,17,19)/t14-/m0/s1. The second kappa shape index (κ2) is 7.20. The monoisotopic (exact) mass is 340 g/mol. The summed E-state index contributed by atoms with van der Waals surface area (Å²) in [6.45, 7) is 2.56. The number of hydrogen-bond donors (Lipinski definition) is 1. The van der Waals surface area contributed by atoms with Crippen molar-refractivity contribution in [3.8, 4) is 0 Å². The van der Waals surface area contributed by atoms with Gasteiger partial charge in [0.05, 0.1) is 0 Å². The average Bonchev–Trinajstić information content (AvgIpc) is 2.41. The van der Waals surface area contributed by atoms with E-state index in [-0.39, 0.29) is 11.9 Å². The fraction of sp³-hybridized carbons (Fsp3) is 0.533. The molecule has 2 rings (SSSR count). The van der Waals surface area contributed by atoms with Crippen LogP contribution in [0.5, 0.6) is 0 Å². The van der Waals surface area contributed by atoms with E-state index in [0.29, 0.717) is 5.92 Å². The van der Waals surface area contributed by atoms with Crippen LogP contribution in [0.3, 0.4) is 0 Å². The van der Waals surface area contributed by atoms with Gasteiger partial charge in [-0.2, -0.15) is 0 Å². The lowest BCUT2D eigenvalue weighted by Gasteiger charge is -2.36. The van der Waals surface area contributed by atoms with Crippen LogP contribution in [0.4, 0.5) is 0 Å². The van der Waals surface area contributed by atoms with Gasteiger partial charge in [-0.1, -0.05) is 28.1 Å². The normalized spacial score (nSPS) is 18.9. The SMILES string of the molecule is COCC1CCN([C@H](C(N)=O)c2cccc(Br)c2)CC1. The van der Waals surface area contributed by atoms with Crippen LogP contribution in [-0.2, 0) is 9.53 Å². The number of amides is 1. The Balaban J connectivity index is 2.09. The van der Waals surface area contributed by atoms with Crippen LogP contribution in [0.15, 0.2) is 28.7 Å². The Hall–Kier alpha value is -0.910. The highest BCUT2D eigenvalue weighted by atomic mass is 79.9. The van der Waals surface area contributed by atoms with Crippen molar-refractivity contribution in [3.05, 3.63) is 34.3 Å². The number of nitrogens with two attached hydrogens (primary N) is 1. The van der Waals surface area contributed by atoms with Crippen LogP contribution < -0.4 is 5.73 Å². The minimum absolute atomic E-state index is 0.284. The van der Waals surface area contributed by atoms with Gasteiger partial charge in [-0.15, -0.1) is 0 Å². The first-order valence-electron chi connectivity index (χ1n) is 6.89. The second-order valence-electron chi connectivity index (χ2n) is 5.29. The number of carbonyl (C=O) groups is 1. The molecule has 0 spiro atoms. The van der Waals surface area contributed by atoms with Crippen molar-refractivity contribution in [1.29, 1.82) is 0 Å². The number of primary amides is 1. The van der Waals surface area contributed by atoms with Crippen LogP contribution in [0.1, 0.15) is 24.4 Å². The molecule has 1 saturated heterocycles. The maximum Gasteiger partial charge on any atom is 0.239 e. The molecule has 0 aliphatic carbocycles. The Bertz CT molecular complexity index is 459. The summed E-state index contributed by atoms with van der Waals surface area (Å²) in [5.74, 6) is 0.306. The number of rotatable bonds is 5. The van der Waals surface area contributed by atoms with Gasteiger partial charge in [0.1, 0.15) is 6.04 Å². The van der Waals surface area contributed by atoms with Gasteiger partial charge < -0.3 is 10.5 Å². The van der Waals surface area contributed by atoms with Crippen molar-refractivity contribution in [2.75, 3.05) is 26.8 Å². The summed E-state index contributed by atoms with van der Waals surface area (Å²) >= 11 is 3.45. The molecule has 0 radical (unpaired) electrons. The molecule has 1 aliphatic rings. The van der Waals surface area contributed by atoms with Gasteiger partial charge in [-0.25, -0.2) is 0 Å². The lowest BCUT2D eigenvalue weighted by Crippen LogP contribution is -2.43. The molecule has 5 heteroatoms. The van der Waals surface area contributed by atoms with Crippen LogP contribution in [0, 0.1) is 5.92 Å². The van der Waals surface area contributed by atoms with E-state index in [1.807, 2.05) is 24.3 Å². The van der Waals surface area contributed by atoms with Crippen molar-refractivity contribution in [3.63, 3.8) is 0 Å². The molecule has 2 N–H and O–H groups in total. The lowest BCUT2D eigenvalue weighted by atomic mass is 9.94.